The summed E-state index contributed by atoms with van der Waals surface area (Å²) in [5.41, 5.74) is 19.7. The lowest BCUT2D eigenvalue weighted by Gasteiger charge is -2.39. The first-order valence-electron chi connectivity index (χ1n) is 19.3. The lowest BCUT2D eigenvalue weighted by molar-refractivity contribution is 0.436. The van der Waals surface area contributed by atoms with E-state index < -0.39 is 10.8 Å². The maximum Gasteiger partial charge on any atom is 0.132 e. The van der Waals surface area contributed by atoms with E-state index in [1.807, 2.05) is 0 Å². The highest BCUT2D eigenvalue weighted by Gasteiger charge is 2.53. The average molecular weight is 697 g/mol. The Kier molecular flexibility index (Phi) is 5.56. The maximum absolute atomic E-state index is 6.93. The molecule has 0 radical (unpaired) electrons. The highest BCUT2D eigenvalue weighted by molar-refractivity contribution is 6.06. The second-order valence-corrected chi connectivity index (χ2v) is 15.5. The van der Waals surface area contributed by atoms with Crippen LogP contribution in [0.4, 0.5) is 0 Å². The molecule has 0 fully saturated rings. The van der Waals surface area contributed by atoms with E-state index in [9.17, 15) is 0 Å². The van der Waals surface area contributed by atoms with Crippen LogP contribution in [0.2, 0.25) is 0 Å². The molecule has 254 valence electrons. The van der Waals surface area contributed by atoms with Crippen LogP contribution < -0.4 is 4.74 Å². The van der Waals surface area contributed by atoms with E-state index in [1.165, 1.54) is 94.2 Å². The van der Waals surface area contributed by atoms with Gasteiger partial charge in [0.15, 0.2) is 0 Å². The van der Waals surface area contributed by atoms with Gasteiger partial charge in [0.05, 0.1) is 10.8 Å². The largest absolute Gasteiger partial charge is 0.457 e. The number of hydrogen-bond acceptors (Lipinski definition) is 1. The van der Waals surface area contributed by atoms with Gasteiger partial charge in [0.1, 0.15) is 11.5 Å². The van der Waals surface area contributed by atoms with Gasteiger partial charge in [0, 0.05) is 11.1 Å². The van der Waals surface area contributed by atoms with Gasteiger partial charge < -0.3 is 4.74 Å². The van der Waals surface area contributed by atoms with Crippen molar-refractivity contribution in [2.75, 3.05) is 0 Å². The third-order valence-corrected chi connectivity index (χ3v) is 13.2. The first-order chi connectivity index (χ1) is 27.3. The second kappa shape index (κ2) is 10.4. The van der Waals surface area contributed by atoms with E-state index in [-0.39, 0.29) is 0 Å². The predicted octanol–water partition coefficient (Wildman–Crippen LogP) is 13.3. The van der Waals surface area contributed by atoms with Crippen molar-refractivity contribution < 1.29 is 4.74 Å². The van der Waals surface area contributed by atoms with Crippen LogP contribution in [0.25, 0.3) is 55.3 Å². The van der Waals surface area contributed by atoms with Crippen molar-refractivity contribution in [2.45, 2.75) is 10.8 Å². The number of benzene rings is 9. The quantitative estimate of drug-likeness (QED) is 0.166. The van der Waals surface area contributed by atoms with Crippen LogP contribution in [-0.4, -0.2) is 0 Å². The second-order valence-electron chi connectivity index (χ2n) is 15.5. The van der Waals surface area contributed by atoms with E-state index in [2.05, 4.69) is 194 Å². The third-order valence-electron chi connectivity index (χ3n) is 13.2. The van der Waals surface area contributed by atoms with E-state index in [0.29, 0.717) is 0 Å². The predicted molar refractivity (Wildman–Crippen MR) is 223 cm³/mol. The first-order valence-corrected chi connectivity index (χ1v) is 19.3. The molecule has 0 bridgehead atoms. The summed E-state index contributed by atoms with van der Waals surface area (Å²) in [6, 6.07) is 72.3. The van der Waals surface area contributed by atoms with E-state index >= 15 is 0 Å². The topological polar surface area (TPSA) is 9.23 Å². The van der Waals surface area contributed by atoms with E-state index in [4.69, 9.17) is 4.74 Å². The van der Waals surface area contributed by atoms with Gasteiger partial charge in [-0.05, 0) is 107 Å². The Labute approximate surface area is 319 Å². The molecule has 1 heteroatoms. The van der Waals surface area contributed by atoms with Gasteiger partial charge in [0.25, 0.3) is 0 Å². The molecule has 9 aromatic rings. The van der Waals surface area contributed by atoms with Crippen LogP contribution in [-0.2, 0) is 10.8 Å². The molecule has 0 N–H and O–H groups in total. The number of para-hydroxylation sites is 1. The Bertz CT molecular complexity index is 3050. The molecular formula is C54H32O. The Morgan fingerprint density at radius 3 is 1.42 bits per heavy atom. The van der Waals surface area contributed by atoms with Crippen molar-refractivity contribution in [1.82, 2.24) is 0 Å². The molecule has 0 unspecified atom stereocenters. The number of hydrogen-bond donors (Lipinski definition) is 0. The molecule has 13 rings (SSSR count). The van der Waals surface area contributed by atoms with E-state index in [0.717, 1.165) is 17.1 Å². The highest BCUT2D eigenvalue weighted by Crippen LogP contribution is 2.65. The molecule has 9 aromatic carbocycles. The zero-order valence-corrected chi connectivity index (χ0v) is 29.9. The average Bonchev–Trinajstić information content (AvgIpc) is 3.84. The maximum atomic E-state index is 6.93. The summed E-state index contributed by atoms with van der Waals surface area (Å²) in [6.45, 7) is 0. The molecule has 1 heterocycles. The molecule has 0 amide bonds. The summed E-state index contributed by atoms with van der Waals surface area (Å²) in [7, 11) is 0. The minimum atomic E-state index is -0.474. The van der Waals surface area contributed by atoms with Gasteiger partial charge >= 0.3 is 0 Å². The molecule has 3 aliphatic carbocycles. The Balaban J connectivity index is 1.07. The van der Waals surface area contributed by atoms with Crippen LogP contribution in [0.5, 0.6) is 11.5 Å². The third kappa shape index (κ3) is 3.46. The van der Waals surface area contributed by atoms with Crippen molar-refractivity contribution in [3.63, 3.8) is 0 Å². The van der Waals surface area contributed by atoms with Crippen LogP contribution in [0, 0.1) is 0 Å². The summed E-state index contributed by atoms with van der Waals surface area (Å²) < 4.78 is 6.93. The summed E-state index contributed by atoms with van der Waals surface area (Å²) in [4.78, 5) is 0. The summed E-state index contributed by atoms with van der Waals surface area (Å²) in [5, 5.41) is 2.57. The normalized spacial score (nSPS) is 15.0. The Morgan fingerprint density at radius 1 is 0.291 bits per heavy atom. The fourth-order valence-electron chi connectivity index (χ4n) is 11.1. The first kappa shape index (κ1) is 29.5. The molecule has 1 aliphatic heterocycles. The van der Waals surface area contributed by atoms with Crippen molar-refractivity contribution in [2.24, 2.45) is 0 Å². The number of rotatable bonds is 1. The van der Waals surface area contributed by atoms with E-state index in [1.54, 1.807) is 0 Å². The molecule has 0 saturated carbocycles. The standard InChI is InChI=1S/C54H32O/c1-2-14-36-33(13-1)26-30-48-52(36)41-28-25-34(31-49(41)54(48)44-21-9-5-17-39(44)40-18-6-10-22-45(40)54)35-27-29-47-51(32-35)55-50-24-12-11-23-46(50)53(47)42-19-7-3-15-37(42)38-16-4-8-20-43(38)53/h1-32H. The number of fused-ring (bicyclic) bond motifs is 21. The van der Waals surface area contributed by atoms with Gasteiger partial charge in [-0.2, -0.15) is 0 Å². The molecular weight excluding hydrogens is 665 g/mol. The molecule has 0 saturated heterocycles. The lowest BCUT2D eigenvalue weighted by atomic mass is 9.66. The van der Waals surface area contributed by atoms with Crippen LogP contribution >= 0.6 is 0 Å². The van der Waals surface area contributed by atoms with Gasteiger partial charge in [0.2, 0.25) is 0 Å². The minimum absolute atomic E-state index is 0.428. The molecule has 55 heavy (non-hydrogen) atoms. The van der Waals surface area contributed by atoms with Gasteiger partial charge in [-0.1, -0.05) is 176 Å². The summed E-state index contributed by atoms with van der Waals surface area (Å²) in [5.74, 6) is 1.82. The fraction of sp³-hybridized carbons (Fsp3) is 0.0370. The minimum Gasteiger partial charge on any atom is -0.457 e. The fourth-order valence-corrected chi connectivity index (χ4v) is 11.1. The van der Waals surface area contributed by atoms with Crippen molar-refractivity contribution >= 4 is 10.8 Å². The van der Waals surface area contributed by atoms with Gasteiger partial charge in [-0.3, -0.25) is 0 Å². The molecule has 2 spiro atoms. The zero-order valence-electron chi connectivity index (χ0n) is 29.9. The molecule has 0 atom stereocenters. The van der Waals surface area contributed by atoms with Crippen LogP contribution in [0.1, 0.15) is 44.5 Å². The van der Waals surface area contributed by atoms with Crippen molar-refractivity contribution in [3.8, 4) is 56.0 Å². The zero-order chi connectivity index (χ0) is 35.9. The molecule has 0 aromatic heterocycles. The Hall–Kier alpha value is -6.96. The van der Waals surface area contributed by atoms with Crippen LogP contribution in [0.3, 0.4) is 0 Å². The van der Waals surface area contributed by atoms with Gasteiger partial charge in [-0.25, -0.2) is 0 Å². The Morgan fingerprint density at radius 2 is 0.764 bits per heavy atom. The lowest BCUT2D eigenvalue weighted by Crippen LogP contribution is -2.32. The number of ether oxygens (including phenoxy) is 1. The summed E-state index contributed by atoms with van der Waals surface area (Å²) in [6.07, 6.45) is 0. The monoisotopic (exact) mass is 696 g/mol. The van der Waals surface area contributed by atoms with Crippen molar-refractivity contribution in [3.05, 3.63) is 239 Å². The highest BCUT2D eigenvalue weighted by atomic mass is 16.5. The van der Waals surface area contributed by atoms with Gasteiger partial charge in [-0.15, -0.1) is 0 Å². The van der Waals surface area contributed by atoms with Crippen LogP contribution in [0.15, 0.2) is 194 Å². The van der Waals surface area contributed by atoms with Crippen molar-refractivity contribution in [1.29, 1.82) is 0 Å². The molecule has 4 aliphatic rings. The SMILES string of the molecule is c1ccc2c(c1)Oc1cc(-c3ccc4c(c3)C3(c5ccccc5-c5ccccc53)c3ccc5ccccc5c3-4)ccc1C21c2ccccc2-c2ccccc21. The smallest absolute Gasteiger partial charge is 0.132 e. The summed E-state index contributed by atoms with van der Waals surface area (Å²) >= 11 is 0. The molecule has 1 nitrogen and oxygen atoms in total.